The smallest absolute Gasteiger partial charge is 0.328 e. The molecule has 0 aliphatic carbocycles. The zero-order chi connectivity index (χ0) is 21.0. The summed E-state index contributed by atoms with van der Waals surface area (Å²) >= 11 is 6.18. The van der Waals surface area contributed by atoms with Gasteiger partial charge in [0.05, 0.1) is 25.5 Å². The molecule has 1 aromatic heterocycles. The van der Waals surface area contributed by atoms with Crippen molar-refractivity contribution in [3.63, 3.8) is 0 Å². The van der Waals surface area contributed by atoms with Crippen molar-refractivity contribution in [2.45, 2.75) is 0 Å². The average molecular weight is 412 g/mol. The molecular formula is C22H18ClNO5. The monoisotopic (exact) mass is 411 g/mol. The number of benzene rings is 2. The molecule has 0 radical (unpaired) electrons. The minimum absolute atomic E-state index is 0.305. The van der Waals surface area contributed by atoms with Crippen molar-refractivity contribution >= 4 is 29.4 Å². The number of aliphatic carboxylic acids is 1. The Morgan fingerprint density at radius 3 is 2.52 bits per heavy atom. The van der Waals surface area contributed by atoms with E-state index in [1.165, 1.54) is 20.3 Å². The Morgan fingerprint density at radius 2 is 1.83 bits per heavy atom. The Hall–Kier alpha value is -3.51. The minimum Gasteiger partial charge on any atom is -0.493 e. The third kappa shape index (κ3) is 4.17. The summed E-state index contributed by atoms with van der Waals surface area (Å²) in [5.41, 5.74) is 1.82. The standard InChI is InChI=1S/C22H18ClNO5/c1-28-19-7-3-6-16(22(19)29-2)21(27)17-13-14(23)8-10-18(17)24-12-4-5-15(24)9-11-20(25)26/h3-13H,1-2H3,(H,25,26)/b11-9+. The summed E-state index contributed by atoms with van der Waals surface area (Å²) in [5.74, 6) is -0.608. The summed E-state index contributed by atoms with van der Waals surface area (Å²) in [7, 11) is 2.96. The van der Waals surface area contributed by atoms with E-state index in [4.69, 9.17) is 26.2 Å². The van der Waals surface area contributed by atoms with Crippen LogP contribution >= 0.6 is 11.6 Å². The largest absolute Gasteiger partial charge is 0.493 e. The Bertz CT molecular complexity index is 1100. The van der Waals surface area contributed by atoms with E-state index in [1.807, 2.05) is 0 Å². The Balaban J connectivity index is 2.16. The maximum atomic E-state index is 13.4. The first-order valence-electron chi connectivity index (χ1n) is 8.60. The van der Waals surface area contributed by atoms with Gasteiger partial charge in [0.15, 0.2) is 17.3 Å². The molecule has 2 aromatic carbocycles. The van der Waals surface area contributed by atoms with Crippen LogP contribution < -0.4 is 9.47 Å². The molecule has 0 spiro atoms. The summed E-state index contributed by atoms with van der Waals surface area (Å²) in [6.07, 6.45) is 4.23. The molecule has 0 amide bonds. The molecule has 0 saturated carbocycles. The van der Waals surface area contributed by atoms with E-state index in [-0.39, 0.29) is 5.78 Å². The Kier molecular flexibility index (Phi) is 6.04. The highest BCUT2D eigenvalue weighted by atomic mass is 35.5. The van der Waals surface area contributed by atoms with Gasteiger partial charge in [0.1, 0.15) is 0 Å². The average Bonchev–Trinajstić information content (AvgIpc) is 3.19. The van der Waals surface area contributed by atoms with E-state index < -0.39 is 5.97 Å². The Morgan fingerprint density at radius 1 is 1.03 bits per heavy atom. The molecule has 148 valence electrons. The van der Waals surface area contributed by atoms with Gasteiger partial charge in [-0.15, -0.1) is 0 Å². The fourth-order valence-corrected chi connectivity index (χ4v) is 3.19. The summed E-state index contributed by atoms with van der Waals surface area (Å²) in [4.78, 5) is 24.3. The summed E-state index contributed by atoms with van der Waals surface area (Å²) < 4.78 is 12.4. The number of rotatable bonds is 7. The molecule has 0 unspecified atom stereocenters. The fourth-order valence-electron chi connectivity index (χ4n) is 3.02. The third-order valence-corrected chi connectivity index (χ3v) is 4.52. The second-order valence-corrected chi connectivity index (χ2v) is 6.44. The predicted molar refractivity (Wildman–Crippen MR) is 110 cm³/mol. The summed E-state index contributed by atoms with van der Waals surface area (Å²) in [5, 5.41) is 9.31. The quantitative estimate of drug-likeness (QED) is 0.458. The van der Waals surface area contributed by atoms with E-state index in [0.717, 1.165) is 6.08 Å². The molecular weight excluding hydrogens is 394 g/mol. The highest BCUT2D eigenvalue weighted by molar-refractivity contribution is 6.31. The number of hydrogen-bond acceptors (Lipinski definition) is 4. The number of carbonyl (C=O) groups excluding carboxylic acids is 1. The van der Waals surface area contributed by atoms with Crippen molar-refractivity contribution < 1.29 is 24.2 Å². The van der Waals surface area contributed by atoms with E-state index in [2.05, 4.69) is 0 Å². The van der Waals surface area contributed by atoms with E-state index in [9.17, 15) is 9.59 Å². The first-order valence-corrected chi connectivity index (χ1v) is 8.98. The lowest BCUT2D eigenvalue weighted by atomic mass is 10.00. The number of carboxylic acids is 1. The number of ether oxygens (including phenoxy) is 2. The highest BCUT2D eigenvalue weighted by Gasteiger charge is 2.22. The van der Waals surface area contributed by atoms with Crippen LogP contribution in [0, 0.1) is 0 Å². The molecule has 0 fully saturated rings. The lowest BCUT2D eigenvalue weighted by Gasteiger charge is -2.15. The molecule has 0 atom stereocenters. The van der Waals surface area contributed by atoms with Gasteiger partial charge in [-0.25, -0.2) is 4.79 Å². The summed E-state index contributed by atoms with van der Waals surface area (Å²) in [6, 6.07) is 13.5. The van der Waals surface area contributed by atoms with Crippen molar-refractivity contribution in [3.8, 4) is 17.2 Å². The molecule has 1 N–H and O–H groups in total. The van der Waals surface area contributed by atoms with Crippen LogP contribution in [0.15, 0.2) is 60.8 Å². The van der Waals surface area contributed by atoms with Gasteiger partial charge >= 0.3 is 5.97 Å². The van der Waals surface area contributed by atoms with Crippen molar-refractivity contribution in [2.24, 2.45) is 0 Å². The first kappa shape index (κ1) is 20.2. The van der Waals surface area contributed by atoms with Gasteiger partial charge in [-0.3, -0.25) is 4.79 Å². The molecule has 6 nitrogen and oxygen atoms in total. The van der Waals surface area contributed by atoms with Crippen LogP contribution in [-0.2, 0) is 4.79 Å². The zero-order valence-electron chi connectivity index (χ0n) is 15.8. The normalized spacial score (nSPS) is 10.9. The first-order chi connectivity index (χ1) is 14.0. The highest BCUT2D eigenvalue weighted by Crippen LogP contribution is 2.34. The lowest BCUT2D eigenvalue weighted by molar-refractivity contribution is -0.131. The van der Waals surface area contributed by atoms with Crippen LogP contribution in [0.1, 0.15) is 21.6 Å². The maximum Gasteiger partial charge on any atom is 0.328 e. The van der Waals surface area contributed by atoms with Crippen LogP contribution in [0.4, 0.5) is 0 Å². The zero-order valence-corrected chi connectivity index (χ0v) is 16.5. The van der Waals surface area contributed by atoms with Crippen LogP contribution in [0.3, 0.4) is 0 Å². The van der Waals surface area contributed by atoms with Gasteiger partial charge in [-0.05, 0) is 48.5 Å². The Labute approximate surface area is 172 Å². The topological polar surface area (TPSA) is 77.8 Å². The number of para-hydroxylation sites is 1. The van der Waals surface area contributed by atoms with E-state index in [0.29, 0.717) is 39.0 Å². The number of hydrogen-bond donors (Lipinski definition) is 1. The van der Waals surface area contributed by atoms with Crippen molar-refractivity contribution in [2.75, 3.05) is 14.2 Å². The van der Waals surface area contributed by atoms with Crippen LogP contribution in [0.2, 0.25) is 5.02 Å². The molecule has 29 heavy (non-hydrogen) atoms. The number of halogens is 1. The van der Waals surface area contributed by atoms with Crippen LogP contribution in [0.25, 0.3) is 11.8 Å². The predicted octanol–water partition coefficient (Wildman–Crippen LogP) is 4.48. The molecule has 1 heterocycles. The SMILES string of the molecule is COc1cccc(C(=O)c2cc(Cl)ccc2-n2cccc2/C=C/C(=O)O)c1OC. The fraction of sp³-hybridized carbons (Fsp3) is 0.0909. The number of nitrogens with zero attached hydrogens (tertiary/aromatic N) is 1. The van der Waals surface area contributed by atoms with Gasteiger partial charge in [-0.2, -0.15) is 0 Å². The van der Waals surface area contributed by atoms with Gasteiger partial charge in [-0.1, -0.05) is 17.7 Å². The molecule has 3 rings (SSSR count). The number of methoxy groups -OCH3 is 2. The number of ketones is 1. The lowest BCUT2D eigenvalue weighted by Crippen LogP contribution is -2.10. The van der Waals surface area contributed by atoms with Gasteiger partial charge in [0.2, 0.25) is 0 Å². The molecule has 0 saturated heterocycles. The van der Waals surface area contributed by atoms with Crippen molar-refractivity contribution in [3.05, 3.63) is 82.6 Å². The van der Waals surface area contributed by atoms with Crippen molar-refractivity contribution in [1.29, 1.82) is 0 Å². The number of carboxylic acid groups (broad SMARTS) is 1. The van der Waals surface area contributed by atoms with Gasteiger partial charge in [0.25, 0.3) is 0 Å². The number of carbonyl (C=O) groups is 2. The minimum atomic E-state index is -1.06. The second kappa shape index (κ2) is 8.67. The van der Waals surface area contributed by atoms with E-state index in [1.54, 1.807) is 59.3 Å². The third-order valence-electron chi connectivity index (χ3n) is 4.29. The van der Waals surface area contributed by atoms with Crippen molar-refractivity contribution in [1.82, 2.24) is 4.57 Å². The molecule has 0 bridgehead atoms. The van der Waals surface area contributed by atoms with Gasteiger partial charge < -0.3 is 19.1 Å². The van der Waals surface area contributed by atoms with Crippen LogP contribution in [0.5, 0.6) is 11.5 Å². The summed E-state index contributed by atoms with van der Waals surface area (Å²) in [6.45, 7) is 0. The number of aromatic nitrogens is 1. The molecule has 0 aliphatic rings. The van der Waals surface area contributed by atoms with Crippen LogP contribution in [-0.4, -0.2) is 35.6 Å². The molecule has 0 aliphatic heterocycles. The second-order valence-electron chi connectivity index (χ2n) is 6.01. The van der Waals surface area contributed by atoms with Gasteiger partial charge in [0, 0.05) is 28.6 Å². The maximum absolute atomic E-state index is 13.4. The molecule has 3 aromatic rings. The molecule has 7 heteroatoms. The van der Waals surface area contributed by atoms with E-state index >= 15 is 0 Å².